The summed E-state index contributed by atoms with van der Waals surface area (Å²) in [5.41, 5.74) is 0.716. The second-order valence-electron chi connectivity index (χ2n) is 4.15. The summed E-state index contributed by atoms with van der Waals surface area (Å²) in [7, 11) is 0. The van der Waals surface area contributed by atoms with E-state index in [-0.39, 0.29) is 12.2 Å². The predicted octanol–water partition coefficient (Wildman–Crippen LogP) is 1.64. The molecule has 106 valence electrons. The van der Waals surface area contributed by atoms with Crippen LogP contribution in [0, 0.1) is 0 Å². The van der Waals surface area contributed by atoms with Gasteiger partial charge >= 0.3 is 5.97 Å². The Bertz CT molecular complexity index is 517. The molecule has 0 fully saturated rings. The Morgan fingerprint density at radius 2 is 1.90 bits per heavy atom. The van der Waals surface area contributed by atoms with Gasteiger partial charge in [-0.05, 0) is 24.6 Å². The molecule has 1 aromatic rings. The summed E-state index contributed by atoms with van der Waals surface area (Å²) in [6.07, 6.45) is 6.39. The second kappa shape index (κ2) is 7.78. The summed E-state index contributed by atoms with van der Waals surface area (Å²) in [6.45, 7) is 1.81. The van der Waals surface area contributed by atoms with Crippen LogP contribution < -0.4 is 5.32 Å². The maximum absolute atomic E-state index is 11.5. The molecule has 5 nitrogen and oxygen atoms in total. The molecule has 0 heterocycles. The second-order valence-corrected chi connectivity index (χ2v) is 4.15. The van der Waals surface area contributed by atoms with Crippen molar-refractivity contribution in [3.63, 3.8) is 0 Å². The van der Waals surface area contributed by atoms with Gasteiger partial charge in [0.25, 0.3) is 0 Å². The smallest absolute Gasteiger partial charge is 0.326 e. The van der Waals surface area contributed by atoms with E-state index in [0.717, 1.165) is 0 Å². The number of hydrogen-bond acceptors (Lipinski definition) is 3. The first-order valence-electron chi connectivity index (χ1n) is 6.13. The first kappa shape index (κ1) is 15.5. The number of benzene rings is 1. The molecule has 1 aromatic carbocycles. The maximum Gasteiger partial charge on any atom is 0.326 e. The molecular formula is C15H17NO4. The molecule has 1 amide bonds. The molecule has 5 heteroatoms. The zero-order chi connectivity index (χ0) is 15.0. The fourth-order valence-electron chi connectivity index (χ4n) is 1.54. The number of rotatable bonds is 6. The number of carbonyl (C=O) groups excluding carboxylic acids is 1. The van der Waals surface area contributed by atoms with Crippen molar-refractivity contribution in [2.24, 2.45) is 0 Å². The average molecular weight is 275 g/mol. The number of allylic oxidation sites excluding steroid dienone is 3. The van der Waals surface area contributed by atoms with Crippen LogP contribution in [0.1, 0.15) is 12.5 Å². The van der Waals surface area contributed by atoms with Crippen molar-refractivity contribution in [3.8, 4) is 5.75 Å². The van der Waals surface area contributed by atoms with Crippen molar-refractivity contribution < 1.29 is 19.8 Å². The quantitative estimate of drug-likeness (QED) is 0.544. The molecule has 3 N–H and O–H groups in total. The standard InChI is InChI=1S/C15H17NO4/c1-2-3-4-5-14(18)16-13(15(19)20)10-11-6-8-12(17)9-7-11/h2-9,13,17H,10H2,1H3,(H,16,18)(H,19,20)/b3-2+,5-4+. The largest absolute Gasteiger partial charge is 0.508 e. The van der Waals surface area contributed by atoms with E-state index in [1.165, 1.54) is 24.3 Å². The number of carbonyl (C=O) groups is 2. The summed E-state index contributed by atoms with van der Waals surface area (Å²) in [5, 5.41) is 20.7. The van der Waals surface area contributed by atoms with Crippen LogP contribution in [0.15, 0.2) is 48.6 Å². The van der Waals surface area contributed by atoms with Crippen molar-refractivity contribution in [2.45, 2.75) is 19.4 Å². The van der Waals surface area contributed by atoms with Crippen LogP contribution in [0.4, 0.5) is 0 Å². The normalized spacial score (nSPS) is 12.7. The molecule has 0 bridgehead atoms. The third-order valence-electron chi connectivity index (χ3n) is 2.54. The molecule has 1 atom stereocenters. The fourth-order valence-corrected chi connectivity index (χ4v) is 1.54. The molecule has 0 saturated carbocycles. The number of carboxylic acids is 1. The van der Waals surface area contributed by atoms with Gasteiger partial charge in [-0.25, -0.2) is 4.79 Å². The van der Waals surface area contributed by atoms with E-state index >= 15 is 0 Å². The third kappa shape index (κ3) is 5.39. The highest BCUT2D eigenvalue weighted by atomic mass is 16.4. The Labute approximate surface area is 117 Å². The highest BCUT2D eigenvalue weighted by molar-refractivity contribution is 5.91. The van der Waals surface area contributed by atoms with E-state index in [4.69, 9.17) is 10.2 Å². The van der Waals surface area contributed by atoms with Gasteiger partial charge in [0.2, 0.25) is 5.91 Å². The molecule has 20 heavy (non-hydrogen) atoms. The monoisotopic (exact) mass is 275 g/mol. The number of hydrogen-bond donors (Lipinski definition) is 3. The Morgan fingerprint density at radius 3 is 2.45 bits per heavy atom. The third-order valence-corrected chi connectivity index (χ3v) is 2.54. The van der Waals surface area contributed by atoms with Gasteiger partial charge in [0.15, 0.2) is 0 Å². The molecule has 0 spiro atoms. The van der Waals surface area contributed by atoms with Crippen LogP contribution in [0.3, 0.4) is 0 Å². The van der Waals surface area contributed by atoms with Crippen molar-refractivity contribution in [1.82, 2.24) is 5.32 Å². The molecule has 1 unspecified atom stereocenters. The lowest BCUT2D eigenvalue weighted by molar-refractivity contribution is -0.141. The highest BCUT2D eigenvalue weighted by Crippen LogP contribution is 2.11. The molecule has 0 aliphatic carbocycles. The molecule has 1 rings (SSSR count). The number of phenols is 1. The minimum absolute atomic E-state index is 0.110. The molecule has 0 radical (unpaired) electrons. The van der Waals surface area contributed by atoms with Gasteiger partial charge in [-0.1, -0.05) is 30.4 Å². The first-order chi connectivity index (χ1) is 9.52. The lowest BCUT2D eigenvalue weighted by Gasteiger charge is -2.13. The summed E-state index contributed by atoms with van der Waals surface area (Å²) >= 11 is 0. The van der Waals surface area contributed by atoms with Crippen LogP contribution in [-0.4, -0.2) is 28.1 Å². The van der Waals surface area contributed by atoms with Crippen molar-refractivity contribution in [2.75, 3.05) is 0 Å². The van der Waals surface area contributed by atoms with Gasteiger partial charge in [-0.2, -0.15) is 0 Å². The molecule has 0 saturated heterocycles. The minimum atomic E-state index is -1.11. The summed E-state index contributed by atoms with van der Waals surface area (Å²) in [4.78, 5) is 22.7. The van der Waals surface area contributed by atoms with Crippen molar-refractivity contribution in [1.29, 1.82) is 0 Å². The number of phenolic OH excluding ortho intramolecular Hbond substituents is 1. The lowest BCUT2D eigenvalue weighted by Crippen LogP contribution is -2.41. The van der Waals surface area contributed by atoms with Crippen LogP contribution in [0.2, 0.25) is 0 Å². The summed E-state index contributed by atoms with van der Waals surface area (Å²) < 4.78 is 0. The van der Waals surface area contributed by atoms with E-state index in [1.807, 2.05) is 6.92 Å². The van der Waals surface area contributed by atoms with E-state index < -0.39 is 17.9 Å². The van der Waals surface area contributed by atoms with Gasteiger partial charge in [0.1, 0.15) is 11.8 Å². The average Bonchev–Trinajstić information content (AvgIpc) is 2.40. The van der Waals surface area contributed by atoms with Gasteiger partial charge in [0, 0.05) is 12.5 Å². The predicted molar refractivity (Wildman–Crippen MR) is 75.3 cm³/mol. The zero-order valence-corrected chi connectivity index (χ0v) is 11.1. The Kier molecular flexibility index (Phi) is 6.03. The van der Waals surface area contributed by atoms with Gasteiger partial charge in [-0.15, -0.1) is 0 Å². The van der Waals surface area contributed by atoms with Crippen LogP contribution in [0.5, 0.6) is 5.75 Å². The number of aliphatic carboxylic acids is 1. The molecule has 0 aliphatic rings. The number of nitrogens with one attached hydrogen (secondary N) is 1. The molecule has 0 aromatic heterocycles. The first-order valence-corrected chi connectivity index (χ1v) is 6.13. The molecule has 0 aliphatic heterocycles. The Balaban J connectivity index is 2.67. The van der Waals surface area contributed by atoms with E-state index in [1.54, 1.807) is 24.3 Å². The number of amides is 1. The van der Waals surface area contributed by atoms with Crippen molar-refractivity contribution >= 4 is 11.9 Å². The topological polar surface area (TPSA) is 86.6 Å². The Hall–Kier alpha value is -2.56. The summed E-state index contributed by atoms with van der Waals surface area (Å²) in [5.74, 6) is -1.46. The maximum atomic E-state index is 11.5. The highest BCUT2D eigenvalue weighted by Gasteiger charge is 2.19. The lowest BCUT2D eigenvalue weighted by atomic mass is 10.1. The summed E-state index contributed by atoms with van der Waals surface area (Å²) in [6, 6.07) is 5.17. The van der Waals surface area contributed by atoms with Crippen LogP contribution in [0.25, 0.3) is 0 Å². The number of aromatic hydroxyl groups is 1. The van der Waals surface area contributed by atoms with Crippen molar-refractivity contribution in [3.05, 3.63) is 54.1 Å². The van der Waals surface area contributed by atoms with Gasteiger partial charge in [-0.3, -0.25) is 4.79 Å². The Morgan fingerprint density at radius 1 is 1.25 bits per heavy atom. The van der Waals surface area contributed by atoms with Crippen LogP contribution >= 0.6 is 0 Å². The van der Waals surface area contributed by atoms with Gasteiger partial charge < -0.3 is 15.5 Å². The zero-order valence-electron chi connectivity index (χ0n) is 11.1. The van der Waals surface area contributed by atoms with Gasteiger partial charge in [0.05, 0.1) is 0 Å². The fraction of sp³-hybridized carbons (Fsp3) is 0.200. The SMILES string of the molecule is C/C=C/C=C/C(=O)NC(Cc1ccc(O)cc1)C(=O)O. The van der Waals surface area contributed by atoms with E-state index in [9.17, 15) is 9.59 Å². The van der Waals surface area contributed by atoms with E-state index in [2.05, 4.69) is 5.32 Å². The van der Waals surface area contributed by atoms with Crippen LogP contribution in [-0.2, 0) is 16.0 Å². The molecular weight excluding hydrogens is 258 g/mol. The number of carboxylic acid groups (broad SMARTS) is 1. The van der Waals surface area contributed by atoms with E-state index in [0.29, 0.717) is 5.56 Å². The minimum Gasteiger partial charge on any atom is -0.508 e.